The van der Waals surface area contributed by atoms with Gasteiger partial charge in [0.05, 0.1) is 11.9 Å². The number of thiophene rings is 1. The summed E-state index contributed by atoms with van der Waals surface area (Å²) in [7, 11) is -4.61. The number of aryl methyl sites for hydroxylation is 1. The number of alkyl halides is 6. The summed E-state index contributed by atoms with van der Waals surface area (Å²) in [6.07, 6.45) is -8.54. The first kappa shape index (κ1) is 30.4. The van der Waals surface area contributed by atoms with Gasteiger partial charge in [-0.1, -0.05) is 19.1 Å². The number of benzene rings is 1. The van der Waals surface area contributed by atoms with Gasteiger partial charge in [0.15, 0.2) is 5.54 Å². The number of carbonyl (C=O) groups is 1. The van der Waals surface area contributed by atoms with E-state index in [0.717, 1.165) is 23.1 Å². The molecule has 0 spiro atoms. The Hall–Kier alpha value is -2.54. The summed E-state index contributed by atoms with van der Waals surface area (Å²) in [4.78, 5) is 14.7. The highest BCUT2D eigenvalue weighted by Gasteiger charge is 2.67. The Kier molecular flexibility index (Phi) is 8.66. The highest BCUT2D eigenvalue weighted by molar-refractivity contribution is 7.90. The number of rotatable bonds is 11. The third-order valence-corrected chi connectivity index (χ3v) is 10.6. The number of hydrogen-bond acceptors (Lipinski definition) is 5. The van der Waals surface area contributed by atoms with E-state index in [1.165, 1.54) is 23.5 Å². The van der Waals surface area contributed by atoms with Gasteiger partial charge in [0.2, 0.25) is 10.0 Å². The molecule has 13 heteroatoms. The molecule has 1 saturated carbocycles. The monoisotopic (exact) mass is 609 g/mol. The molecule has 4 rings (SSSR count). The minimum atomic E-state index is -5.16. The number of sulfonamides is 1. The van der Waals surface area contributed by atoms with Gasteiger partial charge in [0.25, 0.3) is 5.91 Å². The van der Waals surface area contributed by atoms with Crippen molar-refractivity contribution in [3.8, 4) is 5.75 Å². The summed E-state index contributed by atoms with van der Waals surface area (Å²) in [6, 6.07) is 8.12. The third kappa shape index (κ3) is 6.35. The van der Waals surface area contributed by atoms with Crippen molar-refractivity contribution in [3.63, 3.8) is 0 Å². The van der Waals surface area contributed by atoms with Crippen molar-refractivity contribution >= 4 is 32.8 Å². The molecule has 40 heavy (non-hydrogen) atoms. The summed E-state index contributed by atoms with van der Waals surface area (Å²) in [5.41, 5.74) is -3.48. The van der Waals surface area contributed by atoms with Crippen LogP contribution in [-0.2, 0) is 26.8 Å². The van der Waals surface area contributed by atoms with Gasteiger partial charge >= 0.3 is 12.4 Å². The largest absolute Gasteiger partial charge is 0.494 e. The summed E-state index contributed by atoms with van der Waals surface area (Å²) in [5.74, 6) is -1.06. The zero-order valence-electron chi connectivity index (χ0n) is 21.6. The lowest BCUT2D eigenvalue weighted by Gasteiger charge is -2.46. The molecular weight excluding hydrogens is 580 g/mol. The van der Waals surface area contributed by atoms with E-state index in [2.05, 4.69) is 0 Å². The average molecular weight is 610 g/mol. The molecule has 1 atom stereocenters. The van der Waals surface area contributed by atoms with Crippen LogP contribution >= 0.6 is 11.3 Å². The van der Waals surface area contributed by atoms with Gasteiger partial charge in [0.1, 0.15) is 5.75 Å². The molecule has 0 N–H and O–H groups in total. The molecule has 1 unspecified atom stereocenters. The fourth-order valence-corrected chi connectivity index (χ4v) is 7.77. The van der Waals surface area contributed by atoms with Gasteiger partial charge in [-0.3, -0.25) is 4.79 Å². The fraction of sp³-hybridized carbons (Fsp3) is 0.519. The number of carbonyl (C=O) groups excluding carboxylic acids is 1. The second-order valence-electron chi connectivity index (χ2n) is 9.97. The first-order chi connectivity index (χ1) is 18.7. The summed E-state index contributed by atoms with van der Waals surface area (Å²) < 4.78 is 115. The number of amides is 1. The molecule has 1 aromatic carbocycles. The molecule has 1 amide bonds. The normalized spacial score (nSPS) is 20.5. The molecule has 1 aliphatic carbocycles. The predicted octanol–water partition coefficient (Wildman–Crippen LogP) is 7.38. The van der Waals surface area contributed by atoms with Crippen molar-refractivity contribution in [3.05, 3.63) is 57.8 Å². The zero-order valence-corrected chi connectivity index (χ0v) is 23.3. The van der Waals surface area contributed by atoms with E-state index in [1.807, 2.05) is 6.92 Å². The van der Waals surface area contributed by atoms with Crippen LogP contribution in [0.15, 0.2) is 42.5 Å². The van der Waals surface area contributed by atoms with Crippen molar-refractivity contribution in [1.82, 2.24) is 4.31 Å². The zero-order chi connectivity index (χ0) is 29.3. The quantitative estimate of drug-likeness (QED) is 0.197. The fourth-order valence-electron chi connectivity index (χ4n) is 4.77. The number of nitrogens with zero attached hydrogens (tertiary/aromatic N) is 1. The Labute approximate surface area is 232 Å². The van der Waals surface area contributed by atoms with Gasteiger partial charge in [0, 0.05) is 28.7 Å². The summed E-state index contributed by atoms with van der Waals surface area (Å²) in [6.45, 7) is 1.96. The van der Waals surface area contributed by atoms with E-state index in [1.54, 1.807) is 12.1 Å². The predicted molar refractivity (Wildman–Crippen MR) is 139 cm³/mol. The van der Waals surface area contributed by atoms with E-state index in [4.69, 9.17) is 4.74 Å². The maximum absolute atomic E-state index is 15.2. The van der Waals surface area contributed by atoms with E-state index in [0.29, 0.717) is 17.7 Å². The van der Waals surface area contributed by atoms with Crippen molar-refractivity contribution in [2.24, 2.45) is 0 Å². The van der Waals surface area contributed by atoms with Crippen LogP contribution in [0.4, 0.5) is 26.3 Å². The Bertz CT molecular complexity index is 1340. The Balaban J connectivity index is 1.65. The molecule has 1 aromatic heterocycles. The molecular formula is C27H29F6NO4S2. The summed E-state index contributed by atoms with van der Waals surface area (Å²) in [5, 5.41) is -1.05. The van der Waals surface area contributed by atoms with Crippen molar-refractivity contribution in [1.29, 1.82) is 0 Å². The van der Waals surface area contributed by atoms with Crippen LogP contribution in [0, 0.1) is 0 Å². The van der Waals surface area contributed by atoms with Crippen LogP contribution in [-0.4, -0.2) is 42.8 Å². The van der Waals surface area contributed by atoms with Crippen LogP contribution < -0.4 is 4.74 Å². The topological polar surface area (TPSA) is 63.7 Å². The van der Waals surface area contributed by atoms with E-state index < -0.39 is 57.5 Å². The van der Waals surface area contributed by atoms with Crippen LogP contribution in [0.1, 0.15) is 67.2 Å². The molecule has 220 valence electrons. The minimum absolute atomic E-state index is 0.0337. The minimum Gasteiger partial charge on any atom is -0.494 e. The third-order valence-electron chi connectivity index (χ3n) is 6.99. The number of halogens is 6. The highest BCUT2D eigenvalue weighted by atomic mass is 32.2. The van der Waals surface area contributed by atoms with Gasteiger partial charge in [-0.25, -0.2) is 12.7 Å². The number of ether oxygens (including phenoxy) is 1. The lowest BCUT2D eigenvalue weighted by molar-refractivity contribution is -0.221. The highest BCUT2D eigenvalue weighted by Crippen LogP contribution is 2.55. The first-order valence-corrected chi connectivity index (χ1v) is 15.3. The van der Waals surface area contributed by atoms with E-state index >= 15 is 13.2 Å². The van der Waals surface area contributed by atoms with Crippen LogP contribution in [0.25, 0.3) is 5.57 Å². The number of hydrogen-bond donors (Lipinski definition) is 0. The lowest BCUT2D eigenvalue weighted by atomic mass is 9.80. The lowest BCUT2D eigenvalue weighted by Crippen LogP contribution is -2.62. The summed E-state index contributed by atoms with van der Waals surface area (Å²) >= 11 is 1.26. The van der Waals surface area contributed by atoms with Crippen LogP contribution in [0.3, 0.4) is 0 Å². The number of unbranched alkanes of at least 4 members (excludes halogenated alkanes) is 2. The molecule has 0 radical (unpaired) electrons. The Morgan fingerprint density at radius 1 is 1.00 bits per heavy atom. The SMILES string of the molecule is CCc1ccc(C2=CC(=O)N(S(=O)(=O)C3CC3)C(c3ccc(OCCCCCC(F)(F)F)cc3)(C(F)(F)F)C2)s1. The van der Waals surface area contributed by atoms with E-state index in [9.17, 15) is 26.4 Å². The van der Waals surface area contributed by atoms with Gasteiger partial charge < -0.3 is 4.74 Å². The molecule has 0 bridgehead atoms. The van der Waals surface area contributed by atoms with Gasteiger partial charge in [-0.05, 0) is 73.9 Å². The first-order valence-electron chi connectivity index (χ1n) is 12.9. The Morgan fingerprint density at radius 2 is 1.68 bits per heavy atom. The van der Waals surface area contributed by atoms with Crippen LogP contribution in [0.2, 0.25) is 0 Å². The second-order valence-corrected chi connectivity index (χ2v) is 13.2. The average Bonchev–Trinajstić information content (AvgIpc) is 3.63. The molecule has 2 aliphatic rings. The Morgan fingerprint density at radius 3 is 2.23 bits per heavy atom. The molecule has 2 heterocycles. The van der Waals surface area contributed by atoms with Crippen molar-refractivity contribution < 1.29 is 44.3 Å². The maximum Gasteiger partial charge on any atom is 0.417 e. The van der Waals surface area contributed by atoms with Crippen LogP contribution in [0.5, 0.6) is 5.75 Å². The van der Waals surface area contributed by atoms with Gasteiger partial charge in [-0.2, -0.15) is 26.3 Å². The molecule has 1 fully saturated rings. The molecule has 2 aromatic rings. The molecule has 5 nitrogen and oxygen atoms in total. The second kappa shape index (κ2) is 11.4. The van der Waals surface area contributed by atoms with Gasteiger partial charge in [-0.15, -0.1) is 11.3 Å². The van der Waals surface area contributed by atoms with Crippen molar-refractivity contribution in [2.45, 2.75) is 81.4 Å². The standard InChI is InChI=1S/C27H29F6NO4S2/c1-2-21-10-13-23(39-21)18-16-24(35)34(40(36,37)22-11-12-22)25(17-18,27(31,32)33)19-6-8-20(9-7-19)38-15-5-3-4-14-26(28,29)30/h6-10,13,16,22H,2-5,11-12,14-15,17H2,1H3. The van der Waals surface area contributed by atoms with E-state index in [-0.39, 0.29) is 47.9 Å². The molecule has 1 aliphatic heterocycles. The smallest absolute Gasteiger partial charge is 0.417 e. The maximum atomic E-state index is 15.2. The molecule has 0 saturated heterocycles. The van der Waals surface area contributed by atoms with Crippen molar-refractivity contribution in [2.75, 3.05) is 6.61 Å².